The lowest BCUT2D eigenvalue weighted by Gasteiger charge is -2.14. The van der Waals surface area contributed by atoms with Crippen LogP contribution in [0.15, 0.2) is 24.4 Å². The number of nitrogens with one attached hydrogen (secondary N) is 1. The van der Waals surface area contributed by atoms with E-state index in [0.717, 1.165) is 37.5 Å². The van der Waals surface area contributed by atoms with Crippen molar-refractivity contribution in [2.45, 2.75) is 20.4 Å². The van der Waals surface area contributed by atoms with Crippen LogP contribution >= 0.6 is 0 Å². The molecular weight excluding hydrogens is 224 g/mol. The van der Waals surface area contributed by atoms with Crippen LogP contribution in [-0.4, -0.2) is 41.0 Å². The number of imidazole rings is 1. The van der Waals surface area contributed by atoms with Crippen LogP contribution < -0.4 is 5.32 Å². The Labute approximate surface area is 109 Å². The third kappa shape index (κ3) is 2.89. The minimum atomic E-state index is 0.870. The molecule has 2 aromatic rings. The lowest BCUT2D eigenvalue weighted by molar-refractivity contribution is 0.348. The van der Waals surface area contributed by atoms with Crippen LogP contribution in [0, 0.1) is 6.92 Å². The highest BCUT2D eigenvalue weighted by Gasteiger charge is 2.07. The van der Waals surface area contributed by atoms with Gasteiger partial charge in [0.05, 0.1) is 11.4 Å². The maximum absolute atomic E-state index is 4.56. The summed E-state index contributed by atoms with van der Waals surface area (Å²) in [6, 6.07) is 6.11. The number of pyridine rings is 1. The zero-order valence-electron chi connectivity index (χ0n) is 11.5. The van der Waals surface area contributed by atoms with E-state index in [0.29, 0.717) is 0 Å². The number of likely N-dealkylation sites (N-methyl/N-ethyl adjacent to an activating group) is 1. The fraction of sp³-hybridized carbons (Fsp3) is 0.500. The first-order chi connectivity index (χ1) is 8.72. The van der Waals surface area contributed by atoms with Gasteiger partial charge in [-0.3, -0.25) is 0 Å². The van der Waals surface area contributed by atoms with Gasteiger partial charge in [0.15, 0.2) is 0 Å². The quantitative estimate of drug-likeness (QED) is 0.787. The van der Waals surface area contributed by atoms with E-state index < -0.39 is 0 Å². The molecule has 0 aliphatic heterocycles. The Kier molecular flexibility index (Phi) is 4.33. The molecule has 2 aromatic heterocycles. The van der Waals surface area contributed by atoms with Gasteiger partial charge in [-0.15, -0.1) is 0 Å². The molecule has 2 heterocycles. The first kappa shape index (κ1) is 13.1. The van der Waals surface area contributed by atoms with Crippen molar-refractivity contribution in [1.29, 1.82) is 0 Å². The number of hydrogen-bond acceptors (Lipinski definition) is 3. The standard InChI is InChI=1S/C14H22N4/c1-4-17(3)10-8-15-11-13-12(2)16-14-7-5-6-9-18(13)14/h5-7,9,15H,4,8,10-11H2,1-3H3. The van der Waals surface area contributed by atoms with E-state index in [2.05, 4.69) is 46.7 Å². The second-order valence-electron chi connectivity index (χ2n) is 4.65. The second kappa shape index (κ2) is 5.98. The number of hydrogen-bond donors (Lipinski definition) is 1. The van der Waals surface area contributed by atoms with Crippen molar-refractivity contribution in [3.63, 3.8) is 0 Å². The van der Waals surface area contributed by atoms with Gasteiger partial charge >= 0.3 is 0 Å². The van der Waals surface area contributed by atoms with Gasteiger partial charge in [-0.05, 0) is 32.6 Å². The van der Waals surface area contributed by atoms with Crippen LogP contribution in [-0.2, 0) is 6.54 Å². The third-order valence-electron chi connectivity index (χ3n) is 3.33. The van der Waals surface area contributed by atoms with Crippen LogP contribution in [0.5, 0.6) is 0 Å². The Morgan fingerprint density at radius 1 is 1.39 bits per heavy atom. The number of aryl methyl sites for hydroxylation is 1. The molecule has 0 atom stereocenters. The highest BCUT2D eigenvalue weighted by Crippen LogP contribution is 2.10. The van der Waals surface area contributed by atoms with Crippen molar-refractivity contribution in [2.24, 2.45) is 0 Å². The Balaban J connectivity index is 1.97. The molecular formula is C14H22N4. The maximum Gasteiger partial charge on any atom is 0.137 e. The minimum Gasteiger partial charge on any atom is -0.310 e. The van der Waals surface area contributed by atoms with E-state index in [-0.39, 0.29) is 0 Å². The molecule has 2 rings (SSSR count). The van der Waals surface area contributed by atoms with Crippen LogP contribution in [0.3, 0.4) is 0 Å². The minimum absolute atomic E-state index is 0.870. The van der Waals surface area contributed by atoms with Crippen molar-refractivity contribution in [2.75, 3.05) is 26.7 Å². The van der Waals surface area contributed by atoms with E-state index in [1.54, 1.807) is 0 Å². The average Bonchev–Trinajstić information content (AvgIpc) is 2.70. The monoisotopic (exact) mass is 246 g/mol. The van der Waals surface area contributed by atoms with Gasteiger partial charge < -0.3 is 14.6 Å². The van der Waals surface area contributed by atoms with Gasteiger partial charge in [0.25, 0.3) is 0 Å². The number of aromatic nitrogens is 2. The summed E-state index contributed by atoms with van der Waals surface area (Å²) in [6.45, 7) is 8.29. The molecule has 0 spiro atoms. The molecule has 98 valence electrons. The van der Waals surface area contributed by atoms with Crippen molar-refractivity contribution in [3.05, 3.63) is 35.8 Å². The Morgan fingerprint density at radius 3 is 3.00 bits per heavy atom. The lowest BCUT2D eigenvalue weighted by Crippen LogP contribution is -2.29. The molecule has 18 heavy (non-hydrogen) atoms. The van der Waals surface area contributed by atoms with Gasteiger partial charge in [-0.1, -0.05) is 13.0 Å². The van der Waals surface area contributed by atoms with E-state index in [4.69, 9.17) is 0 Å². The number of nitrogens with zero attached hydrogens (tertiary/aromatic N) is 3. The van der Waals surface area contributed by atoms with E-state index in [1.807, 2.05) is 18.2 Å². The summed E-state index contributed by atoms with van der Waals surface area (Å²) in [7, 11) is 2.14. The first-order valence-corrected chi connectivity index (χ1v) is 6.54. The lowest BCUT2D eigenvalue weighted by atomic mass is 10.3. The molecule has 0 radical (unpaired) electrons. The fourth-order valence-electron chi connectivity index (χ4n) is 2.01. The van der Waals surface area contributed by atoms with Gasteiger partial charge in [-0.2, -0.15) is 0 Å². The molecule has 0 amide bonds. The summed E-state index contributed by atoms with van der Waals surface area (Å²) in [4.78, 5) is 6.86. The smallest absolute Gasteiger partial charge is 0.137 e. The Morgan fingerprint density at radius 2 is 2.22 bits per heavy atom. The Hall–Kier alpha value is -1.39. The zero-order valence-corrected chi connectivity index (χ0v) is 11.5. The molecule has 0 unspecified atom stereocenters. The summed E-state index contributed by atoms with van der Waals surface area (Å²) in [5, 5.41) is 3.48. The van der Waals surface area contributed by atoms with Crippen molar-refractivity contribution < 1.29 is 0 Å². The highest BCUT2D eigenvalue weighted by atomic mass is 15.1. The predicted molar refractivity (Wildman–Crippen MR) is 74.8 cm³/mol. The summed E-state index contributed by atoms with van der Waals surface area (Å²) in [5.74, 6) is 0. The average molecular weight is 246 g/mol. The molecule has 0 saturated heterocycles. The molecule has 0 bridgehead atoms. The van der Waals surface area contributed by atoms with Crippen molar-refractivity contribution >= 4 is 5.65 Å². The van der Waals surface area contributed by atoms with Gasteiger partial charge in [-0.25, -0.2) is 4.98 Å². The van der Waals surface area contributed by atoms with Crippen LogP contribution in [0.25, 0.3) is 5.65 Å². The second-order valence-corrected chi connectivity index (χ2v) is 4.65. The summed E-state index contributed by atoms with van der Waals surface area (Å²) in [6.07, 6.45) is 2.07. The van der Waals surface area contributed by atoms with Crippen LogP contribution in [0.1, 0.15) is 18.3 Å². The number of rotatable bonds is 6. The van der Waals surface area contributed by atoms with E-state index in [9.17, 15) is 0 Å². The summed E-state index contributed by atoms with van der Waals surface area (Å²) >= 11 is 0. The Bertz CT molecular complexity index is 503. The molecule has 0 aliphatic rings. The molecule has 0 aliphatic carbocycles. The molecule has 1 N–H and O–H groups in total. The van der Waals surface area contributed by atoms with Gasteiger partial charge in [0.1, 0.15) is 5.65 Å². The molecule has 4 nitrogen and oxygen atoms in total. The molecule has 0 aromatic carbocycles. The van der Waals surface area contributed by atoms with E-state index >= 15 is 0 Å². The summed E-state index contributed by atoms with van der Waals surface area (Å²) < 4.78 is 2.16. The zero-order chi connectivity index (χ0) is 13.0. The fourth-order valence-corrected chi connectivity index (χ4v) is 2.01. The van der Waals surface area contributed by atoms with E-state index in [1.165, 1.54) is 5.69 Å². The molecule has 4 heteroatoms. The SMILES string of the molecule is CCN(C)CCNCc1c(C)nc2ccccn12. The molecule has 0 saturated carbocycles. The number of fused-ring (bicyclic) bond motifs is 1. The van der Waals surface area contributed by atoms with Crippen LogP contribution in [0.2, 0.25) is 0 Å². The predicted octanol–water partition coefficient (Wildman–Crippen LogP) is 1.68. The molecule has 0 fully saturated rings. The largest absolute Gasteiger partial charge is 0.310 e. The van der Waals surface area contributed by atoms with Crippen molar-refractivity contribution in [1.82, 2.24) is 19.6 Å². The third-order valence-corrected chi connectivity index (χ3v) is 3.33. The van der Waals surface area contributed by atoms with Gasteiger partial charge in [0.2, 0.25) is 0 Å². The summed E-state index contributed by atoms with van der Waals surface area (Å²) in [5.41, 5.74) is 3.39. The van der Waals surface area contributed by atoms with Gasteiger partial charge in [0, 0.05) is 25.8 Å². The van der Waals surface area contributed by atoms with Crippen molar-refractivity contribution in [3.8, 4) is 0 Å². The maximum atomic E-state index is 4.56. The first-order valence-electron chi connectivity index (χ1n) is 6.54. The highest BCUT2D eigenvalue weighted by molar-refractivity contribution is 5.42. The normalized spacial score (nSPS) is 11.6. The van der Waals surface area contributed by atoms with Crippen LogP contribution in [0.4, 0.5) is 0 Å². The topological polar surface area (TPSA) is 32.6 Å².